The van der Waals surface area contributed by atoms with E-state index in [1.165, 1.54) is 17.0 Å². The molecule has 4 rings (SSSR count). The number of halogens is 1. The van der Waals surface area contributed by atoms with E-state index in [4.69, 9.17) is 16.3 Å². The van der Waals surface area contributed by atoms with Gasteiger partial charge in [-0.1, -0.05) is 23.7 Å². The molecule has 3 aromatic rings. The molecule has 0 spiro atoms. The Bertz CT molecular complexity index is 998. The fraction of sp³-hybridized carbons (Fsp3) is 0.200. The van der Waals surface area contributed by atoms with Gasteiger partial charge < -0.3 is 9.64 Å². The second kappa shape index (κ2) is 7.46. The third-order valence-electron chi connectivity index (χ3n) is 4.28. The Balaban J connectivity index is 1.61. The van der Waals surface area contributed by atoms with Crippen molar-refractivity contribution in [1.82, 2.24) is 4.98 Å². The first-order chi connectivity index (χ1) is 12.7. The van der Waals surface area contributed by atoms with E-state index in [9.17, 15) is 5.26 Å². The summed E-state index contributed by atoms with van der Waals surface area (Å²) in [7, 11) is 0. The summed E-state index contributed by atoms with van der Waals surface area (Å²) in [5.74, 6) is 0. The predicted molar refractivity (Wildman–Crippen MR) is 108 cm³/mol. The Kier molecular flexibility index (Phi) is 4.89. The molecule has 1 aliphatic rings. The molecule has 1 aromatic heterocycles. The lowest BCUT2D eigenvalue weighted by molar-refractivity contribution is 0.122. The van der Waals surface area contributed by atoms with E-state index in [-0.39, 0.29) is 0 Å². The van der Waals surface area contributed by atoms with Gasteiger partial charge in [0.05, 0.1) is 29.0 Å². The van der Waals surface area contributed by atoms with Gasteiger partial charge in [0, 0.05) is 23.8 Å². The van der Waals surface area contributed by atoms with Crippen LogP contribution in [0.15, 0.2) is 42.5 Å². The van der Waals surface area contributed by atoms with Gasteiger partial charge in [-0.05, 0) is 42.0 Å². The van der Waals surface area contributed by atoms with Crippen LogP contribution in [-0.2, 0) is 4.74 Å². The Morgan fingerprint density at radius 3 is 2.69 bits per heavy atom. The van der Waals surface area contributed by atoms with Gasteiger partial charge in [-0.2, -0.15) is 5.26 Å². The first kappa shape index (κ1) is 17.0. The first-order valence-electron chi connectivity index (χ1n) is 8.34. The average Bonchev–Trinajstić information content (AvgIpc) is 3.10. The van der Waals surface area contributed by atoms with Crippen molar-refractivity contribution >= 4 is 50.5 Å². The van der Waals surface area contributed by atoms with Crippen molar-refractivity contribution in [3.05, 3.63) is 58.1 Å². The third kappa shape index (κ3) is 3.58. The number of nitriles is 1. The van der Waals surface area contributed by atoms with Gasteiger partial charge in [-0.3, -0.25) is 0 Å². The molecule has 0 N–H and O–H groups in total. The molecule has 1 aliphatic heterocycles. The molecule has 0 unspecified atom stereocenters. The van der Waals surface area contributed by atoms with Crippen LogP contribution in [0.5, 0.6) is 0 Å². The summed E-state index contributed by atoms with van der Waals surface area (Å²) in [6.45, 7) is 3.35. The van der Waals surface area contributed by atoms with Crippen LogP contribution in [-0.4, -0.2) is 31.3 Å². The number of thiazole rings is 1. The predicted octanol–water partition coefficient (Wildman–Crippen LogP) is 4.85. The molecule has 2 heterocycles. The van der Waals surface area contributed by atoms with E-state index in [1.807, 2.05) is 36.4 Å². The number of rotatable bonds is 3. The van der Waals surface area contributed by atoms with Crippen molar-refractivity contribution in [3.8, 4) is 6.07 Å². The van der Waals surface area contributed by atoms with Gasteiger partial charge in [0.1, 0.15) is 11.1 Å². The second-order valence-corrected chi connectivity index (χ2v) is 7.46. The van der Waals surface area contributed by atoms with E-state index < -0.39 is 0 Å². The molecule has 1 saturated heterocycles. The Morgan fingerprint density at radius 2 is 1.96 bits per heavy atom. The maximum Gasteiger partial charge on any atom is 0.135 e. The molecule has 0 amide bonds. The van der Waals surface area contributed by atoms with E-state index in [0.717, 1.165) is 42.1 Å². The van der Waals surface area contributed by atoms with Gasteiger partial charge in [0.2, 0.25) is 0 Å². The highest BCUT2D eigenvalue weighted by Crippen LogP contribution is 2.30. The highest BCUT2D eigenvalue weighted by Gasteiger charge is 2.12. The number of ether oxygens (including phenoxy) is 1. The molecule has 4 nitrogen and oxygen atoms in total. The molecule has 1 fully saturated rings. The maximum absolute atomic E-state index is 9.58. The molecular weight excluding hydrogens is 366 g/mol. The second-order valence-electron chi connectivity index (χ2n) is 5.99. The Labute approximate surface area is 160 Å². The van der Waals surface area contributed by atoms with Gasteiger partial charge in [-0.15, -0.1) is 11.3 Å². The number of nitrogens with zero attached hydrogens (tertiary/aromatic N) is 3. The van der Waals surface area contributed by atoms with E-state index >= 15 is 0 Å². The molecule has 0 bridgehead atoms. The number of aromatic nitrogens is 1. The molecule has 0 atom stereocenters. The molecule has 6 heteroatoms. The lowest BCUT2D eigenvalue weighted by atomic mass is 10.1. The zero-order valence-electron chi connectivity index (χ0n) is 14.0. The monoisotopic (exact) mass is 381 g/mol. The fourth-order valence-corrected chi connectivity index (χ4v) is 4.01. The van der Waals surface area contributed by atoms with Crippen LogP contribution in [0.3, 0.4) is 0 Å². The third-order valence-corrected chi connectivity index (χ3v) is 5.59. The lowest BCUT2D eigenvalue weighted by Crippen LogP contribution is -2.36. The number of morpholine rings is 1. The van der Waals surface area contributed by atoms with Crippen LogP contribution in [0.4, 0.5) is 5.69 Å². The summed E-state index contributed by atoms with van der Waals surface area (Å²) in [4.78, 5) is 6.86. The maximum atomic E-state index is 9.58. The van der Waals surface area contributed by atoms with Gasteiger partial charge in [-0.25, -0.2) is 4.98 Å². The average molecular weight is 382 g/mol. The van der Waals surface area contributed by atoms with Gasteiger partial charge in [0.15, 0.2) is 0 Å². The molecular formula is C20H16ClN3OS. The van der Waals surface area contributed by atoms with Crippen LogP contribution in [0.25, 0.3) is 21.9 Å². The van der Waals surface area contributed by atoms with E-state index in [1.54, 1.807) is 0 Å². The fourth-order valence-electron chi connectivity index (χ4n) is 2.93. The van der Waals surface area contributed by atoms with Crippen molar-refractivity contribution in [2.75, 3.05) is 31.2 Å². The number of fused-ring (bicyclic) bond motifs is 1. The molecule has 0 radical (unpaired) electrons. The summed E-state index contributed by atoms with van der Waals surface area (Å²) < 4.78 is 6.41. The molecule has 0 saturated carbocycles. The van der Waals surface area contributed by atoms with Crippen molar-refractivity contribution in [1.29, 1.82) is 5.26 Å². The molecule has 0 aliphatic carbocycles. The Hall–Kier alpha value is -2.39. The van der Waals surface area contributed by atoms with Crippen molar-refractivity contribution < 1.29 is 4.74 Å². The highest BCUT2D eigenvalue weighted by molar-refractivity contribution is 7.19. The van der Waals surface area contributed by atoms with Crippen LogP contribution in [0, 0.1) is 11.3 Å². The quantitative estimate of drug-likeness (QED) is 0.608. The number of benzene rings is 2. The standard InChI is InChI=1S/C20H16ClN3OS/c21-16-3-6-19-18(12-16)23-20(26-19)15(13-22)11-14-1-4-17(5-2-14)24-7-9-25-10-8-24/h1-6,11-12H,7-10H2/b15-11-. The number of anilines is 1. The number of allylic oxidation sites excluding steroid dienone is 1. The number of hydrogen-bond acceptors (Lipinski definition) is 5. The minimum absolute atomic E-state index is 0.557. The van der Waals surface area contributed by atoms with Gasteiger partial charge >= 0.3 is 0 Å². The summed E-state index contributed by atoms with van der Waals surface area (Å²) in [5, 5.41) is 10.9. The lowest BCUT2D eigenvalue weighted by Gasteiger charge is -2.28. The van der Waals surface area contributed by atoms with Crippen LogP contribution in [0.1, 0.15) is 10.6 Å². The van der Waals surface area contributed by atoms with Crippen molar-refractivity contribution in [2.24, 2.45) is 0 Å². The Morgan fingerprint density at radius 1 is 1.19 bits per heavy atom. The smallest absolute Gasteiger partial charge is 0.135 e. The zero-order chi connectivity index (χ0) is 17.9. The molecule has 130 valence electrons. The van der Waals surface area contributed by atoms with Crippen LogP contribution in [0.2, 0.25) is 5.02 Å². The SMILES string of the molecule is N#C/C(=C/c1ccc(N2CCOCC2)cc1)c1nc2cc(Cl)ccc2s1. The minimum Gasteiger partial charge on any atom is -0.378 e. The first-order valence-corrected chi connectivity index (χ1v) is 9.53. The highest BCUT2D eigenvalue weighted by atomic mass is 35.5. The van der Waals surface area contributed by atoms with Crippen LogP contribution >= 0.6 is 22.9 Å². The zero-order valence-corrected chi connectivity index (χ0v) is 15.6. The molecule has 26 heavy (non-hydrogen) atoms. The topological polar surface area (TPSA) is 49.2 Å². The van der Waals surface area contributed by atoms with Gasteiger partial charge in [0.25, 0.3) is 0 Å². The van der Waals surface area contributed by atoms with E-state index in [2.05, 4.69) is 28.1 Å². The molecule has 2 aromatic carbocycles. The summed E-state index contributed by atoms with van der Waals surface area (Å²) in [5.41, 5.74) is 3.54. The van der Waals surface area contributed by atoms with Crippen LogP contribution < -0.4 is 4.90 Å². The summed E-state index contributed by atoms with van der Waals surface area (Å²) >= 11 is 7.52. The largest absolute Gasteiger partial charge is 0.378 e. The summed E-state index contributed by atoms with van der Waals surface area (Å²) in [6, 6.07) is 16.1. The minimum atomic E-state index is 0.557. The number of hydrogen-bond donors (Lipinski definition) is 0. The summed E-state index contributed by atoms with van der Waals surface area (Å²) in [6.07, 6.45) is 1.88. The normalized spacial score (nSPS) is 15.2. The van der Waals surface area contributed by atoms with Crippen molar-refractivity contribution in [2.45, 2.75) is 0 Å². The van der Waals surface area contributed by atoms with Crippen molar-refractivity contribution in [3.63, 3.8) is 0 Å². The van der Waals surface area contributed by atoms with E-state index in [0.29, 0.717) is 15.6 Å².